The van der Waals surface area contributed by atoms with Crippen LogP contribution in [0.4, 0.5) is 5.69 Å². The number of rotatable bonds is 4. The Balaban J connectivity index is 2.12. The summed E-state index contributed by atoms with van der Waals surface area (Å²) in [6.45, 7) is 1.68. The molecule has 0 atom stereocenters. The van der Waals surface area contributed by atoms with Gasteiger partial charge in [-0.3, -0.25) is 4.79 Å². The summed E-state index contributed by atoms with van der Waals surface area (Å²) < 4.78 is 0. The Morgan fingerprint density at radius 1 is 1.10 bits per heavy atom. The maximum absolute atomic E-state index is 12.0. The number of carbonyl (C=O) groups is 1. The fourth-order valence-electron chi connectivity index (χ4n) is 1.94. The number of benzene rings is 2. The second-order valence-corrected chi connectivity index (χ2v) is 4.44. The Morgan fingerprint density at radius 2 is 1.75 bits per heavy atom. The van der Waals surface area contributed by atoms with E-state index in [0.29, 0.717) is 23.4 Å². The molecule has 4 heteroatoms. The first-order chi connectivity index (χ1) is 9.70. The molecule has 0 unspecified atom stereocenters. The number of nitrogens with zero attached hydrogens (tertiary/aromatic N) is 1. The van der Waals surface area contributed by atoms with E-state index in [-0.39, 0.29) is 5.91 Å². The van der Waals surface area contributed by atoms with Crippen molar-refractivity contribution in [2.75, 3.05) is 5.32 Å². The molecular weight excluding hydrogens is 252 g/mol. The van der Waals surface area contributed by atoms with E-state index in [1.165, 1.54) is 0 Å². The van der Waals surface area contributed by atoms with Crippen LogP contribution in [0, 0.1) is 0 Å². The number of carbonyl (C=O) groups excluding carboxylic acids is 1. The standard InChI is InChI=1S/C16H16N2O2/c1-12(18-20)14-9-5-6-10-15(14)17-16(19)11-13-7-3-2-4-8-13/h2-10,20H,11H2,1H3,(H,17,19)/b18-12+. The molecule has 0 spiro atoms. The minimum Gasteiger partial charge on any atom is -0.411 e. The van der Waals surface area contributed by atoms with Crippen LogP contribution < -0.4 is 5.32 Å². The third-order valence-electron chi connectivity index (χ3n) is 2.95. The van der Waals surface area contributed by atoms with Crippen molar-refractivity contribution in [2.45, 2.75) is 13.3 Å². The van der Waals surface area contributed by atoms with Crippen LogP contribution >= 0.6 is 0 Å². The molecule has 2 rings (SSSR count). The Hall–Kier alpha value is -2.62. The van der Waals surface area contributed by atoms with Gasteiger partial charge < -0.3 is 10.5 Å². The molecule has 0 saturated heterocycles. The summed E-state index contributed by atoms with van der Waals surface area (Å²) in [6.07, 6.45) is 0.310. The van der Waals surface area contributed by atoms with Crippen molar-refractivity contribution in [1.29, 1.82) is 0 Å². The highest BCUT2D eigenvalue weighted by atomic mass is 16.4. The molecule has 20 heavy (non-hydrogen) atoms. The van der Waals surface area contributed by atoms with Crippen LogP contribution in [0.1, 0.15) is 18.1 Å². The molecule has 0 aliphatic heterocycles. The van der Waals surface area contributed by atoms with Crippen LogP contribution in [0.15, 0.2) is 59.8 Å². The Kier molecular flexibility index (Phi) is 4.50. The summed E-state index contributed by atoms with van der Waals surface area (Å²) in [7, 11) is 0. The average Bonchev–Trinajstić information content (AvgIpc) is 2.48. The topological polar surface area (TPSA) is 61.7 Å². The molecule has 0 aromatic heterocycles. The summed E-state index contributed by atoms with van der Waals surface area (Å²) in [5.41, 5.74) is 2.76. The van der Waals surface area contributed by atoms with Gasteiger partial charge >= 0.3 is 0 Å². The third kappa shape index (κ3) is 3.45. The zero-order valence-corrected chi connectivity index (χ0v) is 11.2. The predicted molar refractivity (Wildman–Crippen MR) is 79.2 cm³/mol. The van der Waals surface area contributed by atoms with Gasteiger partial charge in [-0.2, -0.15) is 0 Å². The molecular formula is C16H16N2O2. The van der Waals surface area contributed by atoms with Crippen LogP contribution in [-0.2, 0) is 11.2 Å². The molecule has 0 heterocycles. The van der Waals surface area contributed by atoms with Crippen LogP contribution in [0.25, 0.3) is 0 Å². The molecule has 0 fully saturated rings. The zero-order valence-electron chi connectivity index (χ0n) is 11.2. The van der Waals surface area contributed by atoms with Crippen LogP contribution in [0.2, 0.25) is 0 Å². The lowest BCUT2D eigenvalue weighted by Crippen LogP contribution is -2.16. The largest absolute Gasteiger partial charge is 0.411 e. The number of amides is 1. The molecule has 4 nitrogen and oxygen atoms in total. The highest BCUT2D eigenvalue weighted by Crippen LogP contribution is 2.16. The smallest absolute Gasteiger partial charge is 0.228 e. The van der Waals surface area contributed by atoms with Gasteiger partial charge in [-0.1, -0.05) is 53.7 Å². The molecule has 2 aromatic rings. The van der Waals surface area contributed by atoms with Gasteiger partial charge in [0.15, 0.2) is 0 Å². The van der Waals surface area contributed by atoms with Crippen molar-refractivity contribution in [3.63, 3.8) is 0 Å². The lowest BCUT2D eigenvalue weighted by atomic mass is 10.1. The van der Waals surface area contributed by atoms with Crippen molar-refractivity contribution in [1.82, 2.24) is 0 Å². The van der Waals surface area contributed by atoms with E-state index in [0.717, 1.165) is 5.56 Å². The molecule has 0 aliphatic rings. The van der Waals surface area contributed by atoms with Gasteiger partial charge in [0.1, 0.15) is 0 Å². The number of anilines is 1. The molecule has 0 saturated carbocycles. The van der Waals surface area contributed by atoms with Gasteiger partial charge in [0.05, 0.1) is 12.1 Å². The van der Waals surface area contributed by atoms with E-state index in [2.05, 4.69) is 10.5 Å². The Labute approximate surface area is 117 Å². The molecule has 0 aliphatic carbocycles. The normalized spacial score (nSPS) is 11.2. The number of hydrogen-bond acceptors (Lipinski definition) is 3. The number of nitrogens with one attached hydrogen (secondary N) is 1. The van der Waals surface area contributed by atoms with E-state index in [1.54, 1.807) is 19.1 Å². The first kappa shape index (κ1) is 13.8. The molecule has 2 aromatic carbocycles. The van der Waals surface area contributed by atoms with Gasteiger partial charge in [-0.05, 0) is 18.6 Å². The summed E-state index contributed by atoms with van der Waals surface area (Å²) >= 11 is 0. The Morgan fingerprint density at radius 3 is 2.45 bits per heavy atom. The summed E-state index contributed by atoms with van der Waals surface area (Å²) in [6, 6.07) is 16.8. The highest BCUT2D eigenvalue weighted by molar-refractivity contribution is 6.06. The van der Waals surface area contributed by atoms with Crippen molar-refractivity contribution < 1.29 is 10.0 Å². The molecule has 0 radical (unpaired) electrons. The van der Waals surface area contributed by atoms with Crippen molar-refractivity contribution >= 4 is 17.3 Å². The number of para-hydroxylation sites is 1. The number of oxime groups is 1. The molecule has 1 amide bonds. The van der Waals surface area contributed by atoms with Crippen LogP contribution in [-0.4, -0.2) is 16.8 Å². The summed E-state index contributed by atoms with van der Waals surface area (Å²) in [5.74, 6) is -0.102. The minimum absolute atomic E-state index is 0.102. The summed E-state index contributed by atoms with van der Waals surface area (Å²) in [5, 5.41) is 14.9. The van der Waals surface area contributed by atoms with E-state index >= 15 is 0 Å². The highest BCUT2D eigenvalue weighted by Gasteiger charge is 2.09. The summed E-state index contributed by atoms with van der Waals surface area (Å²) in [4.78, 5) is 12.0. The quantitative estimate of drug-likeness (QED) is 0.508. The second kappa shape index (κ2) is 6.52. The van der Waals surface area contributed by atoms with E-state index in [9.17, 15) is 4.79 Å². The lowest BCUT2D eigenvalue weighted by Gasteiger charge is -2.10. The zero-order chi connectivity index (χ0) is 14.4. The monoisotopic (exact) mass is 268 g/mol. The van der Waals surface area contributed by atoms with Crippen LogP contribution in [0.5, 0.6) is 0 Å². The third-order valence-corrected chi connectivity index (χ3v) is 2.95. The predicted octanol–water partition coefficient (Wildman–Crippen LogP) is 3.07. The Bertz CT molecular complexity index is 621. The first-order valence-electron chi connectivity index (χ1n) is 6.32. The number of hydrogen-bond donors (Lipinski definition) is 2. The maximum Gasteiger partial charge on any atom is 0.228 e. The van der Waals surface area contributed by atoms with Crippen molar-refractivity contribution in [3.05, 3.63) is 65.7 Å². The molecule has 0 bridgehead atoms. The van der Waals surface area contributed by atoms with Gasteiger partial charge in [0.25, 0.3) is 0 Å². The van der Waals surface area contributed by atoms with Gasteiger partial charge in [0, 0.05) is 11.3 Å². The van der Waals surface area contributed by atoms with Crippen LogP contribution in [0.3, 0.4) is 0 Å². The SMILES string of the molecule is C/C(=N\O)c1ccccc1NC(=O)Cc1ccccc1. The lowest BCUT2D eigenvalue weighted by molar-refractivity contribution is -0.115. The van der Waals surface area contributed by atoms with E-state index in [1.807, 2.05) is 42.5 Å². The van der Waals surface area contributed by atoms with E-state index < -0.39 is 0 Å². The van der Waals surface area contributed by atoms with Gasteiger partial charge in [0.2, 0.25) is 5.91 Å². The van der Waals surface area contributed by atoms with Crippen molar-refractivity contribution in [3.8, 4) is 0 Å². The van der Waals surface area contributed by atoms with Gasteiger partial charge in [-0.25, -0.2) is 0 Å². The van der Waals surface area contributed by atoms with Crippen molar-refractivity contribution in [2.24, 2.45) is 5.16 Å². The second-order valence-electron chi connectivity index (χ2n) is 4.44. The van der Waals surface area contributed by atoms with Gasteiger partial charge in [-0.15, -0.1) is 0 Å². The molecule has 102 valence electrons. The average molecular weight is 268 g/mol. The fourth-order valence-corrected chi connectivity index (χ4v) is 1.94. The minimum atomic E-state index is -0.102. The first-order valence-corrected chi connectivity index (χ1v) is 6.32. The maximum atomic E-state index is 12.0. The van der Waals surface area contributed by atoms with E-state index in [4.69, 9.17) is 5.21 Å². The fraction of sp³-hybridized carbons (Fsp3) is 0.125. The molecule has 2 N–H and O–H groups in total.